The van der Waals surface area contributed by atoms with E-state index in [1.54, 1.807) is 0 Å². The van der Waals surface area contributed by atoms with Crippen molar-refractivity contribution in [3.63, 3.8) is 0 Å². The van der Waals surface area contributed by atoms with Crippen LogP contribution in [0.25, 0.3) is 0 Å². The maximum atomic E-state index is 10.9. The number of nitrogens with zero attached hydrogens (tertiary/aromatic N) is 3. The second kappa shape index (κ2) is 7.85. The number of hydrogen-bond acceptors (Lipinski definition) is 6. The molecule has 0 atom stereocenters. The van der Waals surface area contributed by atoms with E-state index in [1.165, 1.54) is 6.92 Å². The summed E-state index contributed by atoms with van der Waals surface area (Å²) in [6.45, 7) is 5.41. The van der Waals surface area contributed by atoms with Gasteiger partial charge in [-0.2, -0.15) is 4.98 Å². The molecule has 7 nitrogen and oxygen atoms in total. The standard InChI is InChI=1S/C11H17ClN4O3/c1-3-6-19-7-4-5-13-10-9(16(17)18)8(2)14-11(12)15-10/h3-7H2,1-2H3,(H,13,14,15). The van der Waals surface area contributed by atoms with E-state index in [4.69, 9.17) is 16.3 Å². The summed E-state index contributed by atoms with van der Waals surface area (Å²) in [7, 11) is 0. The van der Waals surface area contributed by atoms with E-state index < -0.39 is 4.92 Å². The van der Waals surface area contributed by atoms with Crippen LogP contribution in [0.5, 0.6) is 0 Å². The Balaban J connectivity index is 2.59. The first-order chi connectivity index (χ1) is 9.06. The van der Waals surface area contributed by atoms with Crippen LogP contribution >= 0.6 is 11.6 Å². The lowest BCUT2D eigenvalue weighted by Crippen LogP contribution is -2.10. The van der Waals surface area contributed by atoms with Crippen LogP contribution in [0.3, 0.4) is 0 Å². The van der Waals surface area contributed by atoms with Gasteiger partial charge < -0.3 is 10.1 Å². The van der Waals surface area contributed by atoms with Crippen molar-refractivity contribution in [2.24, 2.45) is 0 Å². The summed E-state index contributed by atoms with van der Waals surface area (Å²) in [5, 5.41) is 13.8. The number of halogens is 1. The van der Waals surface area contributed by atoms with E-state index in [9.17, 15) is 10.1 Å². The lowest BCUT2D eigenvalue weighted by atomic mass is 10.3. The molecule has 0 aliphatic heterocycles. The number of aryl methyl sites for hydroxylation is 1. The van der Waals surface area contributed by atoms with Gasteiger partial charge in [0.05, 0.1) is 4.92 Å². The largest absolute Gasteiger partial charge is 0.381 e. The summed E-state index contributed by atoms with van der Waals surface area (Å²) < 4.78 is 5.31. The Bertz CT molecular complexity index is 442. The highest BCUT2D eigenvalue weighted by Gasteiger charge is 2.21. The zero-order valence-corrected chi connectivity index (χ0v) is 11.7. The molecule has 1 aromatic heterocycles. The molecule has 106 valence electrons. The molecular formula is C11H17ClN4O3. The topological polar surface area (TPSA) is 90.2 Å². The number of hydrogen-bond donors (Lipinski definition) is 1. The summed E-state index contributed by atoms with van der Waals surface area (Å²) in [6.07, 6.45) is 1.71. The van der Waals surface area contributed by atoms with Gasteiger partial charge in [0.2, 0.25) is 11.1 Å². The van der Waals surface area contributed by atoms with Gasteiger partial charge in [0.25, 0.3) is 0 Å². The summed E-state index contributed by atoms with van der Waals surface area (Å²) >= 11 is 5.70. The number of nitrogens with one attached hydrogen (secondary N) is 1. The zero-order chi connectivity index (χ0) is 14.3. The number of rotatable bonds is 8. The molecule has 1 rings (SSSR count). The third-order valence-corrected chi connectivity index (χ3v) is 2.49. The van der Waals surface area contributed by atoms with Crippen LogP contribution in [0.2, 0.25) is 5.28 Å². The number of ether oxygens (including phenoxy) is 1. The van der Waals surface area contributed by atoms with E-state index >= 15 is 0 Å². The van der Waals surface area contributed by atoms with Crippen LogP contribution in [0.15, 0.2) is 0 Å². The monoisotopic (exact) mass is 288 g/mol. The Hall–Kier alpha value is -1.47. The molecule has 0 aliphatic carbocycles. The molecule has 0 bridgehead atoms. The molecule has 0 aromatic carbocycles. The molecule has 19 heavy (non-hydrogen) atoms. The van der Waals surface area contributed by atoms with Crippen molar-refractivity contribution in [1.29, 1.82) is 0 Å². The Morgan fingerprint density at radius 1 is 1.42 bits per heavy atom. The first-order valence-electron chi connectivity index (χ1n) is 6.06. The van der Waals surface area contributed by atoms with E-state index in [-0.39, 0.29) is 22.5 Å². The van der Waals surface area contributed by atoms with Gasteiger partial charge in [0.1, 0.15) is 5.69 Å². The van der Waals surface area contributed by atoms with Crippen LogP contribution in [0.1, 0.15) is 25.5 Å². The van der Waals surface area contributed by atoms with Gasteiger partial charge >= 0.3 is 5.69 Å². The SMILES string of the molecule is CCCOCCCNc1nc(Cl)nc(C)c1[N+](=O)[O-]. The minimum Gasteiger partial charge on any atom is -0.381 e. The van der Waals surface area contributed by atoms with Crippen molar-refractivity contribution in [2.75, 3.05) is 25.1 Å². The Morgan fingerprint density at radius 2 is 2.16 bits per heavy atom. The van der Waals surface area contributed by atoms with Crippen LogP contribution in [0, 0.1) is 17.0 Å². The Morgan fingerprint density at radius 3 is 2.79 bits per heavy atom. The molecule has 0 spiro atoms. The Labute approximate surface area is 116 Å². The normalized spacial score (nSPS) is 10.5. The van der Waals surface area contributed by atoms with Gasteiger partial charge in [-0.3, -0.25) is 10.1 Å². The van der Waals surface area contributed by atoms with Crippen molar-refractivity contribution >= 4 is 23.1 Å². The van der Waals surface area contributed by atoms with Gasteiger partial charge in [-0.25, -0.2) is 4.98 Å². The molecule has 0 unspecified atom stereocenters. The van der Waals surface area contributed by atoms with Gasteiger partial charge in [0.15, 0.2) is 0 Å². The molecule has 0 saturated heterocycles. The molecule has 0 fully saturated rings. The maximum absolute atomic E-state index is 10.9. The highest BCUT2D eigenvalue weighted by atomic mass is 35.5. The first-order valence-corrected chi connectivity index (χ1v) is 6.44. The van der Waals surface area contributed by atoms with E-state index in [1.807, 2.05) is 6.92 Å². The smallest absolute Gasteiger partial charge is 0.332 e. The lowest BCUT2D eigenvalue weighted by molar-refractivity contribution is -0.385. The second-order valence-electron chi connectivity index (χ2n) is 3.93. The van der Waals surface area contributed by atoms with Crippen LogP contribution in [0.4, 0.5) is 11.5 Å². The average molecular weight is 289 g/mol. The fourth-order valence-corrected chi connectivity index (χ4v) is 1.71. The molecule has 1 N–H and O–H groups in total. The van der Waals surface area contributed by atoms with Gasteiger partial charge in [-0.15, -0.1) is 0 Å². The van der Waals surface area contributed by atoms with E-state index in [0.717, 1.165) is 19.4 Å². The minimum absolute atomic E-state index is 0.00664. The number of nitro groups is 1. The molecule has 1 heterocycles. The van der Waals surface area contributed by atoms with Crippen LogP contribution < -0.4 is 5.32 Å². The first kappa shape index (κ1) is 15.6. The lowest BCUT2D eigenvalue weighted by Gasteiger charge is -2.08. The van der Waals surface area contributed by atoms with Crippen LogP contribution in [-0.2, 0) is 4.74 Å². The zero-order valence-electron chi connectivity index (χ0n) is 11.0. The summed E-state index contributed by atoms with van der Waals surface area (Å²) in [4.78, 5) is 18.1. The van der Waals surface area contributed by atoms with Gasteiger partial charge in [0, 0.05) is 19.8 Å². The van der Waals surface area contributed by atoms with Crippen molar-refractivity contribution in [3.05, 3.63) is 21.1 Å². The minimum atomic E-state index is -0.512. The molecule has 0 aliphatic rings. The quantitative estimate of drug-likeness (QED) is 0.342. The Kier molecular flexibility index (Phi) is 6.44. The molecule has 1 aromatic rings. The van der Waals surface area contributed by atoms with Crippen molar-refractivity contribution in [2.45, 2.75) is 26.7 Å². The highest BCUT2D eigenvalue weighted by molar-refractivity contribution is 6.28. The summed E-state index contributed by atoms with van der Waals surface area (Å²) in [5.74, 6) is 0.151. The molecular weight excluding hydrogens is 272 g/mol. The van der Waals surface area contributed by atoms with Crippen LogP contribution in [-0.4, -0.2) is 34.6 Å². The second-order valence-corrected chi connectivity index (χ2v) is 4.26. The number of aromatic nitrogens is 2. The van der Waals surface area contributed by atoms with Crippen molar-refractivity contribution in [3.8, 4) is 0 Å². The summed E-state index contributed by atoms with van der Waals surface area (Å²) in [6, 6.07) is 0. The summed E-state index contributed by atoms with van der Waals surface area (Å²) in [5.41, 5.74) is 0.105. The van der Waals surface area contributed by atoms with Gasteiger partial charge in [-0.1, -0.05) is 6.92 Å². The predicted octanol–water partition coefficient (Wildman–Crippen LogP) is 2.58. The molecule has 0 amide bonds. The molecule has 0 radical (unpaired) electrons. The number of anilines is 1. The van der Waals surface area contributed by atoms with Crippen molar-refractivity contribution in [1.82, 2.24) is 9.97 Å². The predicted molar refractivity (Wildman–Crippen MR) is 72.7 cm³/mol. The highest BCUT2D eigenvalue weighted by Crippen LogP contribution is 2.26. The fraction of sp³-hybridized carbons (Fsp3) is 0.636. The third kappa shape index (κ3) is 4.96. The molecule has 8 heteroatoms. The fourth-order valence-electron chi connectivity index (χ4n) is 1.50. The molecule has 0 saturated carbocycles. The van der Waals surface area contributed by atoms with E-state index in [2.05, 4.69) is 15.3 Å². The average Bonchev–Trinajstić information content (AvgIpc) is 2.32. The van der Waals surface area contributed by atoms with E-state index in [0.29, 0.717) is 13.2 Å². The van der Waals surface area contributed by atoms with Crippen molar-refractivity contribution < 1.29 is 9.66 Å². The maximum Gasteiger partial charge on any atom is 0.332 e. The van der Waals surface area contributed by atoms with Gasteiger partial charge in [-0.05, 0) is 31.4 Å². The third-order valence-electron chi connectivity index (χ3n) is 2.32.